The number of nitro groups is 1. The molecule has 0 fully saturated rings. The summed E-state index contributed by atoms with van der Waals surface area (Å²) in [6, 6.07) is 6.01. The number of hydrazone groups is 1. The topological polar surface area (TPSA) is 133 Å². The van der Waals surface area contributed by atoms with Gasteiger partial charge in [-0.25, -0.2) is 5.43 Å². The number of aromatic nitrogens is 2. The van der Waals surface area contributed by atoms with E-state index in [4.69, 9.17) is 0 Å². The van der Waals surface area contributed by atoms with Crippen LogP contribution in [-0.4, -0.2) is 27.2 Å². The van der Waals surface area contributed by atoms with E-state index in [1.807, 2.05) is 0 Å². The van der Waals surface area contributed by atoms with Crippen molar-refractivity contribution in [1.29, 1.82) is 0 Å². The molecule has 0 aliphatic rings. The highest BCUT2D eigenvalue weighted by molar-refractivity contribution is 5.86. The van der Waals surface area contributed by atoms with Crippen molar-refractivity contribution in [2.45, 2.75) is 13.3 Å². The first-order chi connectivity index (χ1) is 10.5. The SMILES string of the molecule is Cc1[nH][nH]c(=O)c1CC(=O)NN=Cc1ccccc1[N+](=O)[O-]. The summed E-state index contributed by atoms with van der Waals surface area (Å²) in [5, 5.41) is 19.5. The molecule has 114 valence electrons. The first-order valence-electron chi connectivity index (χ1n) is 6.30. The van der Waals surface area contributed by atoms with Crippen LogP contribution in [0.3, 0.4) is 0 Å². The number of nitrogens with one attached hydrogen (secondary N) is 3. The minimum absolute atomic E-state index is 0.113. The van der Waals surface area contributed by atoms with Crippen LogP contribution in [0.1, 0.15) is 16.8 Å². The van der Waals surface area contributed by atoms with Gasteiger partial charge in [0.05, 0.1) is 23.1 Å². The van der Waals surface area contributed by atoms with Crippen LogP contribution in [0.2, 0.25) is 0 Å². The lowest BCUT2D eigenvalue weighted by Crippen LogP contribution is -2.23. The van der Waals surface area contributed by atoms with Gasteiger partial charge in [-0.3, -0.25) is 24.8 Å². The number of nitrogens with zero attached hydrogens (tertiary/aromatic N) is 2. The van der Waals surface area contributed by atoms with Gasteiger partial charge in [0, 0.05) is 17.3 Å². The molecular formula is C13H13N5O4. The van der Waals surface area contributed by atoms with E-state index in [-0.39, 0.29) is 23.2 Å². The summed E-state index contributed by atoms with van der Waals surface area (Å²) in [5.41, 5.74) is 2.91. The fourth-order valence-corrected chi connectivity index (χ4v) is 1.82. The Bertz CT molecular complexity index is 790. The van der Waals surface area contributed by atoms with Gasteiger partial charge in [0.1, 0.15) is 0 Å². The summed E-state index contributed by atoms with van der Waals surface area (Å²) >= 11 is 0. The van der Waals surface area contributed by atoms with Crippen LogP contribution in [-0.2, 0) is 11.2 Å². The van der Waals surface area contributed by atoms with E-state index < -0.39 is 10.8 Å². The summed E-state index contributed by atoms with van der Waals surface area (Å²) in [5.74, 6) is -0.497. The van der Waals surface area contributed by atoms with E-state index >= 15 is 0 Å². The summed E-state index contributed by atoms with van der Waals surface area (Å²) in [6.07, 6.45) is 1.04. The van der Waals surface area contributed by atoms with E-state index in [1.54, 1.807) is 13.0 Å². The minimum atomic E-state index is -0.536. The summed E-state index contributed by atoms with van der Waals surface area (Å²) in [7, 11) is 0. The predicted octanol–water partition coefficient (Wildman–Crippen LogP) is 0.612. The van der Waals surface area contributed by atoms with Gasteiger partial charge in [-0.1, -0.05) is 12.1 Å². The molecule has 0 spiro atoms. The molecule has 0 aliphatic heterocycles. The number of aryl methyl sites for hydroxylation is 1. The minimum Gasteiger partial charge on any atom is -0.302 e. The number of nitro benzene ring substituents is 1. The molecule has 0 aliphatic carbocycles. The average Bonchev–Trinajstić information content (AvgIpc) is 2.79. The van der Waals surface area contributed by atoms with Crippen molar-refractivity contribution in [2.24, 2.45) is 5.10 Å². The lowest BCUT2D eigenvalue weighted by atomic mass is 10.2. The molecule has 1 heterocycles. The number of amides is 1. The Labute approximate surface area is 124 Å². The normalized spacial score (nSPS) is 10.8. The number of hydrogen-bond donors (Lipinski definition) is 3. The van der Waals surface area contributed by atoms with Gasteiger partial charge in [-0.15, -0.1) is 0 Å². The maximum absolute atomic E-state index is 11.7. The van der Waals surface area contributed by atoms with Crippen molar-refractivity contribution in [1.82, 2.24) is 15.6 Å². The monoisotopic (exact) mass is 303 g/mol. The highest BCUT2D eigenvalue weighted by Gasteiger charge is 2.12. The Balaban J connectivity index is 2.03. The molecule has 22 heavy (non-hydrogen) atoms. The Morgan fingerprint density at radius 1 is 1.41 bits per heavy atom. The molecule has 3 N–H and O–H groups in total. The van der Waals surface area contributed by atoms with Crippen LogP contribution in [0.5, 0.6) is 0 Å². The number of rotatable bonds is 5. The van der Waals surface area contributed by atoms with E-state index in [0.717, 1.165) is 0 Å². The molecule has 0 radical (unpaired) electrons. The zero-order valence-electron chi connectivity index (χ0n) is 11.6. The first kappa shape index (κ1) is 15.2. The van der Waals surface area contributed by atoms with Crippen LogP contribution in [0, 0.1) is 17.0 Å². The van der Waals surface area contributed by atoms with Gasteiger partial charge in [-0.05, 0) is 13.0 Å². The second-order valence-electron chi connectivity index (χ2n) is 4.47. The molecule has 2 aromatic rings. The number of hydrogen-bond acceptors (Lipinski definition) is 5. The first-order valence-corrected chi connectivity index (χ1v) is 6.30. The Hall–Kier alpha value is -3.23. The molecule has 9 heteroatoms. The van der Waals surface area contributed by atoms with Crippen molar-refractivity contribution in [3.63, 3.8) is 0 Å². The van der Waals surface area contributed by atoms with Gasteiger partial charge >= 0.3 is 0 Å². The van der Waals surface area contributed by atoms with Crippen LogP contribution < -0.4 is 11.0 Å². The van der Waals surface area contributed by atoms with Gasteiger partial charge < -0.3 is 5.10 Å². The molecule has 9 nitrogen and oxygen atoms in total. The third kappa shape index (κ3) is 3.45. The third-order valence-corrected chi connectivity index (χ3v) is 2.95. The highest BCUT2D eigenvalue weighted by Crippen LogP contribution is 2.14. The number of para-hydroxylation sites is 1. The summed E-state index contributed by atoms with van der Waals surface area (Å²) in [6.45, 7) is 1.66. The third-order valence-electron chi connectivity index (χ3n) is 2.95. The van der Waals surface area contributed by atoms with Gasteiger partial charge in [0.15, 0.2) is 0 Å². The zero-order chi connectivity index (χ0) is 16.1. The number of H-pyrrole nitrogens is 2. The van der Waals surface area contributed by atoms with Gasteiger partial charge in [-0.2, -0.15) is 5.10 Å². The van der Waals surface area contributed by atoms with Crippen molar-refractivity contribution >= 4 is 17.8 Å². The van der Waals surface area contributed by atoms with Gasteiger partial charge in [0.2, 0.25) is 5.91 Å². The van der Waals surface area contributed by atoms with E-state index in [1.165, 1.54) is 24.4 Å². The van der Waals surface area contributed by atoms with Crippen molar-refractivity contribution < 1.29 is 9.72 Å². The van der Waals surface area contributed by atoms with Gasteiger partial charge in [0.25, 0.3) is 11.2 Å². The molecule has 0 saturated carbocycles. The van der Waals surface area contributed by atoms with Crippen molar-refractivity contribution in [3.05, 3.63) is 61.6 Å². The molecular weight excluding hydrogens is 290 g/mol. The smallest absolute Gasteiger partial charge is 0.278 e. The molecule has 0 atom stereocenters. The fourth-order valence-electron chi connectivity index (χ4n) is 1.82. The van der Waals surface area contributed by atoms with Crippen LogP contribution in [0.25, 0.3) is 0 Å². The number of aromatic amines is 2. The standard InChI is InChI=1S/C13H13N5O4/c1-8-10(13(20)17-15-8)6-12(19)16-14-7-9-4-2-3-5-11(9)18(21)22/h2-5,7H,6H2,1H3,(H,16,19)(H2,15,17,20). The summed E-state index contributed by atoms with van der Waals surface area (Å²) < 4.78 is 0. The maximum atomic E-state index is 11.7. The largest absolute Gasteiger partial charge is 0.302 e. The molecule has 1 amide bonds. The molecule has 0 unspecified atom stereocenters. The molecule has 0 saturated heterocycles. The number of benzene rings is 1. The molecule has 2 rings (SSSR count). The molecule has 1 aromatic heterocycles. The van der Waals surface area contributed by atoms with Crippen molar-refractivity contribution in [3.8, 4) is 0 Å². The van der Waals surface area contributed by atoms with Crippen molar-refractivity contribution in [2.75, 3.05) is 0 Å². The van der Waals surface area contributed by atoms with Crippen LogP contribution in [0.15, 0.2) is 34.2 Å². The van der Waals surface area contributed by atoms with Crippen LogP contribution >= 0.6 is 0 Å². The Morgan fingerprint density at radius 3 is 2.77 bits per heavy atom. The predicted molar refractivity (Wildman–Crippen MR) is 78.7 cm³/mol. The second-order valence-corrected chi connectivity index (χ2v) is 4.47. The summed E-state index contributed by atoms with van der Waals surface area (Å²) in [4.78, 5) is 33.4. The van der Waals surface area contributed by atoms with Crippen LogP contribution in [0.4, 0.5) is 5.69 Å². The van der Waals surface area contributed by atoms with E-state index in [0.29, 0.717) is 11.3 Å². The fraction of sp³-hybridized carbons (Fsp3) is 0.154. The van der Waals surface area contributed by atoms with E-state index in [2.05, 4.69) is 20.7 Å². The lowest BCUT2D eigenvalue weighted by Gasteiger charge is -1.99. The number of carbonyl (C=O) groups excluding carboxylic acids is 1. The second kappa shape index (κ2) is 6.48. The van der Waals surface area contributed by atoms with E-state index in [9.17, 15) is 19.7 Å². The zero-order valence-corrected chi connectivity index (χ0v) is 11.6. The number of carbonyl (C=O) groups is 1. The highest BCUT2D eigenvalue weighted by atomic mass is 16.6. The Morgan fingerprint density at radius 2 is 2.14 bits per heavy atom. The molecule has 1 aromatic carbocycles. The average molecular weight is 303 g/mol. The Kier molecular flexibility index (Phi) is 4.47. The maximum Gasteiger partial charge on any atom is 0.278 e. The molecule has 0 bridgehead atoms. The quantitative estimate of drug-likeness (QED) is 0.424. The lowest BCUT2D eigenvalue weighted by molar-refractivity contribution is -0.385.